The van der Waals surface area contributed by atoms with Gasteiger partial charge in [0.2, 0.25) is 0 Å². The maximum atomic E-state index is 11.0. The average Bonchev–Trinajstić information content (AvgIpc) is 2.71. The van der Waals surface area contributed by atoms with Gasteiger partial charge in [-0.05, 0) is 11.4 Å². The van der Waals surface area contributed by atoms with Crippen molar-refractivity contribution in [2.24, 2.45) is 0 Å². The molecule has 1 aromatic heterocycles. The molecule has 1 unspecified atom stereocenters. The first-order valence-electron chi connectivity index (χ1n) is 4.97. The van der Waals surface area contributed by atoms with Crippen molar-refractivity contribution < 1.29 is 9.90 Å². The molecule has 4 nitrogen and oxygen atoms in total. The maximum Gasteiger partial charge on any atom is 0.322 e. The van der Waals surface area contributed by atoms with Gasteiger partial charge >= 0.3 is 5.97 Å². The number of rotatable bonds is 3. The molecule has 1 aliphatic heterocycles. The van der Waals surface area contributed by atoms with E-state index in [0.29, 0.717) is 6.54 Å². The van der Waals surface area contributed by atoms with Crippen molar-refractivity contribution >= 4 is 17.3 Å². The van der Waals surface area contributed by atoms with E-state index < -0.39 is 5.97 Å². The number of hydrogen-bond donors (Lipinski definition) is 2. The Bertz CT molecular complexity index is 326. The molecule has 0 amide bonds. The summed E-state index contributed by atoms with van der Waals surface area (Å²) in [5, 5.41) is 14.2. The smallest absolute Gasteiger partial charge is 0.322 e. The highest BCUT2D eigenvalue weighted by molar-refractivity contribution is 7.09. The zero-order chi connectivity index (χ0) is 10.7. The molecule has 0 spiro atoms. The third kappa shape index (κ3) is 2.56. The Kier molecular flexibility index (Phi) is 3.35. The largest absolute Gasteiger partial charge is 0.480 e. The summed E-state index contributed by atoms with van der Waals surface area (Å²) < 4.78 is 0. The van der Waals surface area contributed by atoms with Crippen molar-refractivity contribution in [1.82, 2.24) is 10.2 Å². The van der Waals surface area contributed by atoms with Crippen LogP contribution in [0.4, 0.5) is 0 Å². The van der Waals surface area contributed by atoms with E-state index in [-0.39, 0.29) is 6.04 Å². The molecule has 15 heavy (non-hydrogen) atoms. The van der Waals surface area contributed by atoms with Crippen LogP contribution in [0.2, 0.25) is 0 Å². The monoisotopic (exact) mass is 226 g/mol. The van der Waals surface area contributed by atoms with Crippen LogP contribution in [0, 0.1) is 0 Å². The molecule has 1 saturated heterocycles. The molecule has 1 aliphatic rings. The molecule has 0 radical (unpaired) electrons. The van der Waals surface area contributed by atoms with E-state index in [2.05, 4.69) is 5.32 Å². The predicted octanol–water partition coefficient (Wildman–Crippen LogP) is 0.607. The Morgan fingerprint density at radius 1 is 1.73 bits per heavy atom. The van der Waals surface area contributed by atoms with Crippen molar-refractivity contribution in [3.8, 4) is 0 Å². The minimum absolute atomic E-state index is 0.388. The third-order valence-corrected chi connectivity index (χ3v) is 3.44. The SMILES string of the molecule is O=C(O)C1CNCCN1Cc1cccs1. The number of thiophene rings is 1. The molecular formula is C10H14N2O2S. The number of piperazine rings is 1. The number of nitrogens with one attached hydrogen (secondary N) is 1. The standard InChI is InChI=1S/C10H14N2O2S/c13-10(14)9-6-11-3-4-12(9)7-8-2-1-5-15-8/h1-2,5,9,11H,3-4,6-7H2,(H,13,14). The zero-order valence-electron chi connectivity index (χ0n) is 8.35. The lowest BCUT2D eigenvalue weighted by molar-refractivity contribution is -0.144. The van der Waals surface area contributed by atoms with Crippen LogP contribution >= 0.6 is 11.3 Å². The van der Waals surface area contributed by atoms with Crippen LogP contribution < -0.4 is 5.32 Å². The summed E-state index contributed by atoms with van der Waals surface area (Å²) in [7, 11) is 0. The Morgan fingerprint density at radius 2 is 2.60 bits per heavy atom. The van der Waals surface area contributed by atoms with Gasteiger partial charge in [0.1, 0.15) is 6.04 Å². The molecule has 2 heterocycles. The molecule has 0 aliphatic carbocycles. The van der Waals surface area contributed by atoms with E-state index in [0.717, 1.165) is 19.6 Å². The van der Waals surface area contributed by atoms with Gasteiger partial charge in [0.15, 0.2) is 0 Å². The Morgan fingerprint density at radius 3 is 3.27 bits per heavy atom. The first-order chi connectivity index (χ1) is 7.27. The first kappa shape index (κ1) is 10.6. The van der Waals surface area contributed by atoms with E-state index in [4.69, 9.17) is 5.11 Å². The second-order valence-electron chi connectivity index (χ2n) is 3.61. The number of nitrogens with zero attached hydrogens (tertiary/aromatic N) is 1. The van der Waals surface area contributed by atoms with Gasteiger partial charge in [0.25, 0.3) is 0 Å². The normalized spacial score (nSPS) is 22.8. The Labute approximate surface area is 92.5 Å². The molecule has 1 aromatic rings. The van der Waals surface area contributed by atoms with E-state index in [1.54, 1.807) is 11.3 Å². The lowest BCUT2D eigenvalue weighted by Crippen LogP contribution is -2.54. The maximum absolute atomic E-state index is 11.0. The number of hydrogen-bond acceptors (Lipinski definition) is 4. The number of aliphatic carboxylic acids is 1. The van der Waals surface area contributed by atoms with E-state index in [1.807, 2.05) is 22.4 Å². The molecule has 2 N–H and O–H groups in total. The van der Waals surface area contributed by atoms with Crippen molar-refractivity contribution in [3.05, 3.63) is 22.4 Å². The Hall–Kier alpha value is -0.910. The summed E-state index contributed by atoms with van der Waals surface area (Å²) in [5.74, 6) is -0.737. The highest BCUT2D eigenvalue weighted by atomic mass is 32.1. The molecule has 82 valence electrons. The van der Waals surface area contributed by atoms with Crippen LogP contribution in [0.5, 0.6) is 0 Å². The molecule has 5 heteroatoms. The predicted molar refractivity (Wildman–Crippen MR) is 59.0 cm³/mol. The van der Waals surface area contributed by atoms with E-state index in [9.17, 15) is 4.79 Å². The van der Waals surface area contributed by atoms with Crippen molar-refractivity contribution in [2.45, 2.75) is 12.6 Å². The van der Waals surface area contributed by atoms with E-state index in [1.165, 1.54) is 4.88 Å². The summed E-state index contributed by atoms with van der Waals surface area (Å²) in [6.45, 7) is 2.96. The van der Waals surface area contributed by atoms with Gasteiger partial charge in [0, 0.05) is 31.1 Å². The average molecular weight is 226 g/mol. The third-order valence-electron chi connectivity index (χ3n) is 2.58. The lowest BCUT2D eigenvalue weighted by atomic mass is 10.2. The minimum atomic E-state index is -0.737. The minimum Gasteiger partial charge on any atom is -0.480 e. The van der Waals surface area contributed by atoms with Crippen LogP contribution in [0.15, 0.2) is 17.5 Å². The van der Waals surface area contributed by atoms with Gasteiger partial charge in [-0.3, -0.25) is 9.69 Å². The van der Waals surface area contributed by atoms with Gasteiger partial charge in [0.05, 0.1) is 0 Å². The fourth-order valence-electron chi connectivity index (χ4n) is 1.78. The van der Waals surface area contributed by atoms with Gasteiger partial charge in [-0.15, -0.1) is 11.3 Å². The summed E-state index contributed by atoms with van der Waals surface area (Å²) in [6, 6.07) is 3.66. The van der Waals surface area contributed by atoms with Crippen LogP contribution in [-0.4, -0.2) is 41.7 Å². The second-order valence-corrected chi connectivity index (χ2v) is 4.64. The van der Waals surface area contributed by atoms with E-state index >= 15 is 0 Å². The molecular weight excluding hydrogens is 212 g/mol. The molecule has 0 bridgehead atoms. The van der Waals surface area contributed by atoms with Crippen molar-refractivity contribution in [2.75, 3.05) is 19.6 Å². The highest BCUT2D eigenvalue weighted by Gasteiger charge is 2.28. The van der Waals surface area contributed by atoms with Gasteiger partial charge in [-0.1, -0.05) is 6.07 Å². The number of carboxylic acids is 1. The number of carbonyl (C=O) groups is 1. The summed E-state index contributed by atoms with van der Waals surface area (Å²) in [4.78, 5) is 14.3. The first-order valence-corrected chi connectivity index (χ1v) is 5.85. The van der Waals surface area contributed by atoms with Crippen LogP contribution in [0.1, 0.15) is 4.88 Å². The number of carboxylic acid groups (broad SMARTS) is 1. The van der Waals surface area contributed by atoms with Gasteiger partial charge < -0.3 is 10.4 Å². The molecule has 0 aromatic carbocycles. The van der Waals surface area contributed by atoms with Crippen LogP contribution in [-0.2, 0) is 11.3 Å². The molecule has 2 rings (SSSR count). The van der Waals surface area contributed by atoms with Gasteiger partial charge in [-0.2, -0.15) is 0 Å². The van der Waals surface area contributed by atoms with Crippen LogP contribution in [0.25, 0.3) is 0 Å². The summed E-state index contributed by atoms with van der Waals surface area (Å²) in [6.07, 6.45) is 0. The molecule has 0 saturated carbocycles. The Balaban J connectivity index is 2.02. The van der Waals surface area contributed by atoms with Crippen molar-refractivity contribution in [3.63, 3.8) is 0 Å². The topological polar surface area (TPSA) is 52.6 Å². The zero-order valence-corrected chi connectivity index (χ0v) is 9.17. The highest BCUT2D eigenvalue weighted by Crippen LogP contribution is 2.14. The second kappa shape index (κ2) is 4.74. The summed E-state index contributed by atoms with van der Waals surface area (Å²) in [5.41, 5.74) is 0. The molecule has 1 atom stereocenters. The van der Waals surface area contributed by atoms with Crippen LogP contribution in [0.3, 0.4) is 0 Å². The van der Waals surface area contributed by atoms with Gasteiger partial charge in [-0.25, -0.2) is 0 Å². The lowest BCUT2D eigenvalue weighted by Gasteiger charge is -2.32. The quantitative estimate of drug-likeness (QED) is 0.793. The summed E-state index contributed by atoms with van der Waals surface area (Å²) >= 11 is 1.68. The van der Waals surface area contributed by atoms with Crippen molar-refractivity contribution in [1.29, 1.82) is 0 Å². The molecule has 1 fully saturated rings. The fourth-order valence-corrected chi connectivity index (χ4v) is 2.51. The fraction of sp³-hybridized carbons (Fsp3) is 0.500.